The summed E-state index contributed by atoms with van der Waals surface area (Å²) in [6, 6.07) is 20.4. The van der Waals surface area contributed by atoms with E-state index in [1.54, 1.807) is 54.6 Å². The highest BCUT2D eigenvalue weighted by Crippen LogP contribution is 2.32. The highest BCUT2D eigenvalue weighted by atomic mass is 16.6. The minimum absolute atomic E-state index is 0.00270. The lowest BCUT2D eigenvalue weighted by Gasteiger charge is -2.07. The Morgan fingerprint density at radius 1 is 1.00 bits per heavy atom. The minimum atomic E-state index is -0.627. The smallest absolute Gasteiger partial charge is 0.312 e. The van der Waals surface area contributed by atoms with Gasteiger partial charge in [0, 0.05) is 18.1 Å². The van der Waals surface area contributed by atoms with E-state index in [2.05, 4.69) is 0 Å². The van der Waals surface area contributed by atoms with Crippen molar-refractivity contribution >= 4 is 17.3 Å². The van der Waals surface area contributed by atoms with Crippen LogP contribution in [0, 0.1) is 21.4 Å². The summed E-state index contributed by atoms with van der Waals surface area (Å²) < 4.78 is 5.54. The zero-order valence-corrected chi connectivity index (χ0v) is 15.1. The van der Waals surface area contributed by atoms with Crippen LogP contribution in [0.25, 0.3) is 0 Å². The molecular weight excluding hydrogens is 372 g/mol. The quantitative estimate of drug-likeness (QED) is 0.260. The van der Waals surface area contributed by atoms with Crippen molar-refractivity contribution in [1.82, 2.24) is 0 Å². The third kappa shape index (κ3) is 4.70. The van der Waals surface area contributed by atoms with E-state index in [4.69, 9.17) is 10.00 Å². The number of hydrogen-bond donors (Lipinski definition) is 0. The number of rotatable bonds is 7. The SMILES string of the molecule is N#Cc1ccc(Oc2ccc(CC(=O)C(=O)c3ccccc3)cc2)c([N+](=O)[O-])c1. The molecule has 0 amide bonds. The van der Waals surface area contributed by atoms with Gasteiger partial charge in [-0.25, -0.2) is 0 Å². The third-order valence-corrected chi connectivity index (χ3v) is 4.09. The fourth-order valence-corrected chi connectivity index (χ4v) is 2.63. The first-order valence-corrected chi connectivity index (χ1v) is 8.56. The summed E-state index contributed by atoms with van der Waals surface area (Å²) in [5, 5.41) is 20.1. The van der Waals surface area contributed by atoms with Crippen LogP contribution < -0.4 is 4.74 Å². The Labute approximate surface area is 165 Å². The normalized spacial score (nSPS) is 10.0. The zero-order valence-electron chi connectivity index (χ0n) is 15.1. The van der Waals surface area contributed by atoms with Crippen LogP contribution in [-0.4, -0.2) is 16.5 Å². The Morgan fingerprint density at radius 3 is 2.31 bits per heavy atom. The summed E-state index contributed by atoms with van der Waals surface area (Å²) in [5.74, 6) is -0.771. The molecule has 7 nitrogen and oxygen atoms in total. The van der Waals surface area contributed by atoms with E-state index >= 15 is 0 Å². The van der Waals surface area contributed by atoms with Gasteiger partial charge < -0.3 is 4.74 Å². The van der Waals surface area contributed by atoms with Gasteiger partial charge in [0.2, 0.25) is 17.3 Å². The van der Waals surface area contributed by atoms with Gasteiger partial charge in [0.1, 0.15) is 5.75 Å². The van der Waals surface area contributed by atoms with E-state index in [0.717, 1.165) is 6.07 Å². The maximum Gasteiger partial charge on any atom is 0.312 e. The molecule has 29 heavy (non-hydrogen) atoms. The predicted molar refractivity (Wildman–Crippen MR) is 104 cm³/mol. The molecule has 0 aromatic heterocycles. The zero-order chi connectivity index (χ0) is 20.8. The summed E-state index contributed by atoms with van der Waals surface area (Å²) >= 11 is 0. The van der Waals surface area contributed by atoms with Gasteiger partial charge in [0.15, 0.2) is 0 Å². The van der Waals surface area contributed by atoms with Gasteiger partial charge >= 0.3 is 5.69 Å². The van der Waals surface area contributed by atoms with Crippen molar-refractivity contribution in [1.29, 1.82) is 5.26 Å². The van der Waals surface area contributed by atoms with Gasteiger partial charge in [-0.15, -0.1) is 0 Å². The third-order valence-electron chi connectivity index (χ3n) is 4.09. The second-order valence-corrected chi connectivity index (χ2v) is 6.09. The van der Waals surface area contributed by atoms with Crippen molar-refractivity contribution in [2.75, 3.05) is 0 Å². The van der Waals surface area contributed by atoms with E-state index < -0.39 is 16.5 Å². The fraction of sp³-hybridized carbons (Fsp3) is 0.0455. The average Bonchev–Trinajstić information content (AvgIpc) is 2.75. The van der Waals surface area contributed by atoms with Crippen LogP contribution in [0.15, 0.2) is 72.8 Å². The number of benzene rings is 3. The highest BCUT2D eigenvalue weighted by Gasteiger charge is 2.18. The first-order valence-electron chi connectivity index (χ1n) is 8.56. The number of nitro groups is 1. The Morgan fingerprint density at radius 2 is 1.69 bits per heavy atom. The first-order chi connectivity index (χ1) is 14.0. The Kier molecular flexibility index (Phi) is 5.76. The van der Waals surface area contributed by atoms with Crippen molar-refractivity contribution in [2.24, 2.45) is 0 Å². The standard InChI is InChI=1S/C22H14N2O5/c23-14-16-8-11-21(19(12-16)24(27)28)29-18-9-6-15(7-10-18)13-20(25)22(26)17-4-2-1-3-5-17/h1-12H,13H2. The van der Waals surface area contributed by atoms with Crippen molar-refractivity contribution in [3.8, 4) is 17.6 Å². The molecule has 0 saturated carbocycles. The number of nitrogens with zero attached hydrogens (tertiary/aromatic N) is 2. The molecule has 0 atom stereocenters. The molecule has 0 unspecified atom stereocenters. The van der Waals surface area contributed by atoms with E-state index in [1.165, 1.54) is 12.1 Å². The van der Waals surface area contributed by atoms with Crippen LogP contribution in [0.1, 0.15) is 21.5 Å². The molecule has 0 saturated heterocycles. The number of nitriles is 1. The Hall–Kier alpha value is -4.31. The van der Waals surface area contributed by atoms with Crippen LogP contribution >= 0.6 is 0 Å². The van der Waals surface area contributed by atoms with Crippen LogP contribution in [0.5, 0.6) is 11.5 Å². The molecule has 142 valence electrons. The number of carbonyl (C=O) groups is 2. The molecule has 0 fully saturated rings. The van der Waals surface area contributed by atoms with Crippen molar-refractivity contribution in [3.63, 3.8) is 0 Å². The summed E-state index contributed by atoms with van der Waals surface area (Å²) in [6.07, 6.45) is -0.0645. The molecule has 0 aliphatic carbocycles. The van der Waals surface area contributed by atoms with Gasteiger partial charge in [-0.1, -0.05) is 42.5 Å². The second kappa shape index (κ2) is 8.59. The maximum atomic E-state index is 12.2. The Balaban J connectivity index is 1.71. The maximum absolute atomic E-state index is 12.2. The van der Waals surface area contributed by atoms with Gasteiger partial charge in [-0.05, 0) is 29.8 Å². The molecule has 3 rings (SSSR count). The lowest BCUT2D eigenvalue weighted by molar-refractivity contribution is -0.385. The van der Waals surface area contributed by atoms with Crippen LogP contribution in [-0.2, 0) is 11.2 Å². The molecular formula is C22H14N2O5. The van der Waals surface area contributed by atoms with Gasteiger partial charge in [0.05, 0.1) is 16.6 Å². The van der Waals surface area contributed by atoms with Crippen molar-refractivity contribution in [2.45, 2.75) is 6.42 Å². The molecule has 0 heterocycles. The molecule has 0 N–H and O–H groups in total. The predicted octanol–water partition coefficient (Wildman–Crippen LogP) is 4.25. The number of ketones is 2. The molecule has 7 heteroatoms. The average molecular weight is 386 g/mol. The fourth-order valence-electron chi connectivity index (χ4n) is 2.63. The van der Waals surface area contributed by atoms with Gasteiger partial charge in [0.25, 0.3) is 0 Å². The Bertz CT molecular complexity index is 1120. The number of nitro benzene ring substituents is 1. The first kappa shape index (κ1) is 19.5. The number of Topliss-reactive ketones (excluding diaryl/α,β-unsaturated/α-hetero) is 2. The van der Waals surface area contributed by atoms with Crippen molar-refractivity contribution in [3.05, 3.63) is 99.6 Å². The summed E-state index contributed by atoms with van der Waals surface area (Å²) in [6.45, 7) is 0. The van der Waals surface area contributed by atoms with Crippen molar-refractivity contribution < 1.29 is 19.2 Å². The van der Waals surface area contributed by atoms with E-state index in [9.17, 15) is 19.7 Å². The van der Waals surface area contributed by atoms with Crippen LogP contribution in [0.2, 0.25) is 0 Å². The summed E-state index contributed by atoms with van der Waals surface area (Å²) in [5.41, 5.74) is 0.782. The topological polar surface area (TPSA) is 110 Å². The number of ether oxygens (including phenoxy) is 1. The molecule has 0 aliphatic heterocycles. The molecule has 0 aliphatic rings. The van der Waals surface area contributed by atoms with Crippen LogP contribution in [0.4, 0.5) is 5.69 Å². The molecule has 0 bridgehead atoms. The second-order valence-electron chi connectivity index (χ2n) is 6.09. The molecule has 0 radical (unpaired) electrons. The lowest BCUT2D eigenvalue weighted by atomic mass is 10.0. The van der Waals surface area contributed by atoms with Crippen LogP contribution in [0.3, 0.4) is 0 Å². The summed E-state index contributed by atoms with van der Waals surface area (Å²) in [7, 11) is 0. The van der Waals surface area contributed by atoms with Gasteiger partial charge in [-0.2, -0.15) is 5.26 Å². The van der Waals surface area contributed by atoms with E-state index in [1.807, 2.05) is 6.07 Å². The number of carbonyl (C=O) groups excluding carboxylic acids is 2. The van der Waals surface area contributed by atoms with E-state index in [0.29, 0.717) is 16.9 Å². The largest absolute Gasteiger partial charge is 0.450 e. The lowest BCUT2D eigenvalue weighted by Crippen LogP contribution is -2.16. The highest BCUT2D eigenvalue weighted by molar-refractivity contribution is 6.44. The van der Waals surface area contributed by atoms with E-state index in [-0.39, 0.29) is 23.4 Å². The minimum Gasteiger partial charge on any atom is -0.450 e. The molecule has 3 aromatic rings. The summed E-state index contributed by atoms with van der Waals surface area (Å²) in [4.78, 5) is 34.9. The monoisotopic (exact) mass is 386 g/mol. The van der Waals surface area contributed by atoms with Gasteiger partial charge in [-0.3, -0.25) is 19.7 Å². The molecule has 3 aromatic carbocycles. The number of hydrogen-bond acceptors (Lipinski definition) is 6. The molecule has 0 spiro atoms.